The Kier molecular flexibility index (Phi) is 5.88. The molecule has 0 radical (unpaired) electrons. The summed E-state index contributed by atoms with van der Waals surface area (Å²) in [7, 11) is 4.29. The molecule has 3 rings (SSSR count). The maximum atomic E-state index is 12.9. The van der Waals surface area contributed by atoms with Crippen molar-refractivity contribution in [1.29, 1.82) is 0 Å². The normalized spacial score (nSPS) is 12.2. The molecule has 152 valence electrons. The van der Waals surface area contributed by atoms with Gasteiger partial charge in [0, 0.05) is 19.7 Å². The molecule has 0 spiro atoms. The number of carbonyl (C=O) groups is 1. The molecule has 2 heterocycles. The van der Waals surface area contributed by atoms with Gasteiger partial charge < -0.3 is 4.74 Å². The van der Waals surface area contributed by atoms with E-state index in [1.165, 1.54) is 18.7 Å². The maximum absolute atomic E-state index is 12.9. The van der Waals surface area contributed by atoms with Crippen molar-refractivity contribution in [3.05, 3.63) is 50.7 Å². The molecule has 0 saturated heterocycles. The van der Waals surface area contributed by atoms with Crippen LogP contribution in [0.25, 0.3) is 22.4 Å². The van der Waals surface area contributed by atoms with E-state index in [0.717, 1.165) is 27.5 Å². The molecule has 29 heavy (non-hydrogen) atoms. The number of aryl methyl sites for hydroxylation is 2. The van der Waals surface area contributed by atoms with Crippen molar-refractivity contribution in [2.45, 2.75) is 30.5 Å². The Labute approximate surface area is 171 Å². The van der Waals surface area contributed by atoms with Gasteiger partial charge in [0.05, 0.1) is 7.11 Å². The Hall–Kier alpha value is -2.94. The average Bonchev–Trinajstić information content (AvgIpc) is 2.73. The molecule has 0 N–H and O–H groups in total. The van der Waals surface area contributed by atoms with E-state index >= 15 is 0 Å². The zero-order chi connectivity index (χ0) is 21.3. The first-order valence-corrected chi connectivity index (χ1v) is 9.95. The lowest BCUT2D eigenvalue weighted by atomic mass is 10.1. The summed E-state index contributed by atoms with van der Waals surface area (Å²) in [5, 5.41) is 0.0173. The van der Waals surface area contributed by atoms with E-state index in [0.29, 0.717) is 17.3 Å². The first-order valence-electron chi connectivity index (χ1n) is 9.07. The van der Waals surface area contributed by atoms with Gasteiger partial charge in [-0.05, 0) is 19.4 Å². The summed E-state index contributed by atoms with van der Waals surface area (Å²) in [6.07, 6.45) is 0.495. The summed E-state index contributed by atoms with van der Waals surface area (Å²) in [5.41, 5.74) is 1.03. The quantitative estimate of drug-likeness (QED) is 0.358. The van der Waals surface area contributed by atoms with Crippen LogP contribution in [0.1, 0.15) is 18.9 Å². The van der Waals surface area contributed by atoms with E-state index in [-0.39, 0.29) is 11.0 Å². The van der Waals surface area contributed by atoms with Crippen molar-refractivity contribution >= 4 is 28.8 Å². The third-order valence-electron chi connectivity index (χ3n) is 4.63. The van der Waals surface area contributed by atoms with Crippen LogP contribution in [0.5, 0.6) is 0 Å². The lowest BCUT2D eigenvalue weighted by Gasteiger charge is -2.15. The topological polar surface area (TPSA) is 96.1 Å². The van der Waals surface area contributed by atoms with Gasteiger partial charge in [-0.2, -0.15) is 0 Å². The predicted molar refractivity (Wildman–Crippen MR) is 112 cm³/mol. The molecule has 0 aliphatic carbocycles. The van der Waals surface area contributed by atoms with Gasteiger partial charge in [-0.25, -0.2) is 14.8 Å². The number of hydrogen-bond acceptors (Lipinski definition) is 7. The molecule has 0 unspecified atom stereocenters. The van der Waals surface area contributed by atoms with Crippen molar-refractivity contribution in [3.8, 4) is 11.4 Å². The molecule has 0 amide bonds. The summed E-state index contributed by atoms with van der Waals surface area (Å²) < 4.78 is 7.21. The summed E-state index contributed by atoms with van der Waals surface area (Å²) in [4.78, 5) is 46.6. The van der Waals surface area contributed by atoms with Crippen LogP contribution in [0.15, 0.2) is 38.9 Å². The third-order valence-corrected chi connectivity index (χ3v) is 5.96. The van der Waals surface area contributed by atoms with Crippen LogP contribution >= 0.6 is 11.8 Å². The largest absolute Gasteiger partial charge is 0.468 e. The van der Waals surface area contributed by atoms with E-state index < -0.39 is 22.5 Å². The number of rotatable bonds is 5. The van der Waals surface area contributed by atoms with E-state index in [2.05, 4.69) is 9.97 Å². The molecular formula is C20H22N4O4S. The first-order chi connectivity index (χ1) is 13.8. The zero-order valence-corrected chi connectivity index (χ0v) is 17.7. The molecule has 9 heteroatoms. The predicted octanol–water partition coefficient (Wildman–Crippen LogP) is 2.05. The molecule has 8 nitrogen and oxygen atoms in total. The summed E-state index contributed by atoms with van der Waals surface area (Å²) in [5.74, 6) is -0.0188. The van der Waals surface area contributed by atoms with Gasteiger partial charge in [-0.15, -0.1) is 0 Å². The molecule has 2 aromatic heterocycles. The zero-order valence-electron chi connectivity index (χ0n) is 16.9. The number of benzene rings is 1. The molecule has 0 aliphatic rings. The number of esters is 1. The minimum atomic E-state index is -0.537. The molecule has 0 saturated carbocycles. The number of aromatic nitrogens is 4. The smallest absolute Gasteiger partial charge is 0.332 e. The second kappa shape index (κ2) is 8.20. The molecule has 1 aromatic carbocycles. The Bertz CT molecular complexity index is 1220. The second-order valence-electron chi connectivity index (χ2n) is 6.66. The summed E-state index contributed by atoms with van der Waals surface area (Å²) in [6, 6.07) is 7.62. The van der Waals surface area contributed by atoms with Gasteiger partial charge in [-0.3, -0.25) is 18.7 Å². The average molecular weight is 414 g/mol. The highest BCUT2D eigenvalue weighted by Gasteiger charge is 2.24. The van der Waals surface area contributed by atoms with Crippen molar-refractivity contribution in [3.63, 3.8) is 0 Å². The number of methoxy groups -OCH3 is 1. The standard InChI is InChI=1S/C20H22N4O4S/c1-6-13(19(26)28-5)29-17-14-16(23(3)20(27)24(4)18(14)25)21-15(22-17)12-9-7-8-11(2)10-12/h7-10,13H,6H2,1-5H3/t13-/m0/s1. The Morgan fingerprint density at radius 3 is 2.55 bits per heavy atom. The number of hydrogen-bond donors (Lipinski definition) is 0. The number of carbonyl (C=O) groups excluding carboxylic acids is 1. The van der Waals surface area contributed by atoms with Crippen molar-refractivity contribution in [2.24, 2.45) is 14.1 Å². The van der Waals surface area contributed by atoms with Crippen LogP contribution in [-0.2, 0) is 23.6 Å². The van der Waals surface area contributed by atoms with Crippen LogP contribution in [0.4, 0.5) is 0 Å². The maximum Gasteiger partial charge on any atom is 0.332 e. The van der Waals surface area contributed by atoms with Gasteiger partial charge in [-0.1, -0.05) is 42.4 Å². The van der Waals surface area contributed by atoms with Gasteiger partial charge in [0.2, 0.25) is 0 Å². The van der Waals surface area contributed by atoms with E-state index in [9.17, 15) is 14.4 Å². The third kappa shape index (κ3) is 3.82. The van der Waals surface area contributed by atoms with E-state index in [1.807, 2.05) is 38.1 Å². The first kappa shape index (κ1) is 20.8. The highest BCUT2D eigenvalue weighted by atomic mass is 32.2. The van der Waals surface area contributed by atoms with Crippen LogP contribution in [-0.4, -0.2) is 37.4 Å². The number of fused-ring (bicyclic) bond motifs is 1. The minimum absolute atomic E-state index is 0.207. The lowest BCUT2D eigenvalue weighted by Crippen LogP contribution is -2.37. The number of thioether (sulfide) groups is 1. The SMILES string of the molecule is CC[C@H](Sc1nc(-c2cccc(C)c2)nc2c1c(=O)n(C)c(=O)n2C)C(=O)OC. The number of ether oxygens (including phenoxy) is 1. The second-order valence-corrected chi connectivity index (χ2v) is 7.86. The van der Waals surface area contributed by atoms with Crippen molar-refractivity contribution in [1.82, 2.24) is 19.1 Å². The Morgan fingerprint density at radius 1 is 1.21 bits per heavy atom. The molecule has 0 bridgehead atoms. The molecular weight excluding hydrogens is 392 g/mol. The number of nitrogens with zero attached hydrogens (tertiary/aromatic N) is 4. The van der Waals surface area contributed by atoms with Crippen LogP contribution < -0.4 is 11.2 Å². The van der Waals surface area contributed by atoms with Gasteiger partial charge in [0.25, 0.3) is 5.56 Å². The fourth-order valence-corrected chi connectivity index (χ4v) is 4.06. The van der Waals surface area contributed by atoms with Crippen LogP contribution in [0.3, 0.4) is 0 Å². The van der Waals surface area contributed by atoms with Crippen LogP contribution in [0.2, 0.25) is 0 Å². The van der Waals surface area contributed by atoms with E-state index in [1.54, 1.807) is 7.05 Å². The summed E-state index contributed by atoms with van der Waals surface area (Å²) in [6.45, 7) is 3.81. The van der Waals surface area contributed by atoms with Gasteiger partial charge in [0.15, 0.2) is 11.5 Å². The highest BCUT2D eigenvalue weighted by Crippen LogP contribution is 2.30. The monoisotopic (exact) mass is 414 g/mol. The van der Waals surface area contributed by atoms with Crippen molar-refractivity contribution < 1.29 is 9.53 Å². The fourth-order valence-electron chi connectivity index (χ4n) is 2.99. The van der Waals surface area contributed by atoms with Gasteiger partial charge in [0.1, 0.15) is 15.7 Å². The lowest BCUT2D eigenvalue weighted by molar-refractivity contribution is -0.140. The van der Waals surface area contributed by atoms with Crippen molar-refractivity contribution in [2.75, 3.05) is 7.11 Å². The molecule has 0 aliphatic heterocycles. The Morgan fingerprint density at radius 2 is 1.93 bits per heavy atom. The molecule has 3 aromatic rings. The summed E-state index contributed by atoms with van der Waals surface area (Å²) >= 11 is 1.15. The van der Waals surface area contributed by atoms with Crippen LogP contribution in [0, 0.1) is 6.92 Å². The van der Waals surface area contributed by atoms with E-state index in [4.69, 9.17) is 4.74 Å². The molecule has 1 atom stereocenters. The fraction of sp³-hybridized carbons (Fsp3) is 0.350. The van der Waals surface area contributed by atoms with Gasteiger partial charge >= 0.3 is 11.7 Å². The Balaban J connectivity index is 2.36. The highest BCUT2D eigenvalue weighted by molar-refractivity contribution is 8.00. The molecule has 0 fully saturated rings. The minimum Gasteiger partial charge on any atom is -0.468 e.